The average Bonchev–Trinajstić information content (AvgIpc) is 1.83. The van der Waals surface area contributed by atoms with Gasteiger partial charge in [-0.05, 0) is 0 Å². The fourth-order valence-corrected chi connectivity index (χ4v) is 2.96. The molecule has 3 heteroatoms. The molecule has 10 heavy (non-hydrogen) atoms. The van der Waals surface area contributed by atoms with Gasteiger partial charge in [0.15, 0.2) is 0 Å². The molecule has 0 aromatic carbocycles. The molecule has 0 atom stereocenters. The van der Waals surface area contributed by atoms with Crippen LogP contribution in [0.4, 0.5) is 0 Å². The van der Waals surface area contributed by atoms with E-state index in [0.29, 0.717) is 0 Å². The number of rotatable bonds is 4. The van der Waals surface area contributed by atoms with E-state index < -0.39 is 0 Å². The Hall–Kier alpha value is 1.27. The van der Waals surface area contributed by atoms with Crippen LogP contribution in [0.5, 0.6) is 0 Å². The minimum absolute atomic E-state index is 0. The maximum atomic E-state index is 3.86. The van der Waals surface area contributed by atoms with E-state index in [2.05, 4.69) is 20.8 Å². The van der Waals surface area contributed by atoms with Crippen molar-refractivity contribution in [2.75, 3.05) is 0 Å². The van der Waals surface area contributed by atoms with Gasteiger partial charge in [-0.15, -0.1) is 0 Å². The van der Waals surface area contributed by atoms with E-state index in [1.165, 1.54) is 24.6 Å². The van der Waals surface area contributed by atoms with Crippen LogP contribution in [0.15, 0.2) is 0 Å². The molecule has 0 fully saturated rings. The first-order valence-corrected chi connectivity index (χ1v) is 6.09. The SMILES string of the molecule is [CH2-]CC[SiH](CC)CC.[Cl-].[Mg+2]. The maximum Gasteiger partial charge on any atom is 2.00 e. The van der Waals surface area contributed by atoms with Gasteiger partial charge in [0, 0.05) is 8.80 Å². The summed E-state index contributed by atoms with van der Waals surface area (Å²) in [5.74, 6) is 0. The molecule has 0 nitrogen and oxygen atoms in total. The molecule has 0 N–H and O–H groups in total. The Labute approximate surface area is 89.3 Å². The summed E-state index contributed by atoms with van der Waals surface area (Å²) in [6.45, 7) is 8.49. The number of hydrogen-bond donors (Lipinski definition) is 0. The number of halogens is 1. The molecule has 0 spiro atoms. The molecule has 0 amide bonds. The van der Waals surface area contributed by atoms with E-state index in [1.807, 2.05) is 0 Å². The molecule has 0 rings (SSSR count). The van der Waals surface area contributed by atoms with Crippen LogP contribution >= 0.6 is 0 Å². The van der Waals surface area contributed by atoms with Gasteiger partial charge in [-0.3, -0.25) is 0 Å². The normalized spacial score (nSPS) is 8.40. The summed E-state index contributed by atoms with van der Waals surface area (Å²) in [6, 6.07) is 4.38. The molecular formula is C7H17ClMgSi. The van der Waals surface area contributed by atoms with Crippen molar-refractivity contribution in [3.8, 4) is 0 Å². The van der Waals surface area contributed by atoms with Crippen molar-refractivity contribution in [3.05, 3.63) is 6.92 Å². The zero-order chi connectivity index (χ0) is 6.41. The van der Waals surface area contributed by atoms with Crippen LogP contribution in [-0.2, 0) is 0 Å². The zero-order valence-electron chi connectivity index (χ0n) is 7.20. The first-order chi connectivity index (χ1) is 3.85. The first-order valence-electron chi connectivity index (χ1n) is 3.64. The molecule has 0 unspecified atom stereocenters. The standard InChI is InChI=1S/C7H17Si.ClH.Mg/c1-4-7-8(5-2)6-3;;/h8H,1,4-7H2,2-3H3;1H;/q-1;;+2/p-1. The molecule has 0 bridgehead atoms. The minimum Gasteiger partial charge on any atom is -1.00 e. The molecule has 0 saturated heterocycles. The Balaban J connectivity index is -0.000000245. The fraction of sp³-hybridized carbons (Fsp3) is 0.857. The number of hydrogen-bond acceptors (Lipinski definition) is 0. The van der Waals surface area contributed by atoms with Gasteiger partial charge in [-0.2, -0.15) is 6.42 Å². The van der Waals surface area contributed by atoms with Crippen molar-refractivity contribution >= 4 is 31.8 Å². The quantitative estimate of drug-likeness (QED) is 0.397. The molecule has 58 valence electrons. The Kier molecular flexibility index (Phi) is 22.4. The first kappa shape index (κ1) is 17.4. The largest absolute Gasteiger partial charge is 2.00 e. The molecule has 0 heterocycles. The van der Waals surface area contributed by atoms with Crippen LogP contribution < -0.4 is 12.4 Å². The summed E-state index contributed by atoms with van der Waals surface area (Å²) < 4.78 is 0. The molecule has 0 aromatic rings. The molecule has 0 radical (unpaired) electrons. The van der Waals surface area contributed by atoms with Gasteiger partial charge in [0.2, 0.25) is 0 Å². The third-order valence-electron chi connectivity index (χ3n) is 1.77. The van der Waals surface area contributed by atoms with Crippen molar-refractivity contribution in [2.24, 2.45) is 0 Å². The van der Waals surface area contributed by atoms with Crippen molar-refractivity contribution in [2.45, 2.75) is 38.4 Å². The maximum absolute atomic E-state index is 3.86. The topological polar surface area (TPSA) is 0 Å². The van der Waals surface area contributed by atoms with Crippen LogP contribution in [0.25, 0.3) is 0 Å². The summed E-state index contributed by atoms with van der Waals surface area (Å²) in [6.07, 6.45) is 1.17. The van der Waals surface area contributed by atoms with Gasteiger partial charge in [-0.25, -0.2) is 0 Å². The third-order valence-corrected chi connectivity index (χ3v) is 5.30. The molecule has 0 aliphatic heterocycles. The van der Waals surface area contributed by atoms with Crippen molar-refractivity contribution in [3.63, 3.8) is 0 Å². The molecule has 0 aromatic heterocycles. The zero-order valence-corrected chi connectivity index (χ0v) is 10.5. The Morgan fingerprint density at radius 2 is 1.60 bits per heavy atom. The van der Waals surface area contributed by atoms with Gasteiger partial charge in [0.1, 0.15) is 0 Å². The van der Waals surface area contributed by atoms with E-state index in [9.17, 15) is 0 Å². The molecule has 0 aliphatic rings. The van der Waals surface area contributed by atoms with Gasteiger partial charge in [-0.1, -0.05) is 32.0 Å². The molecule has 0 saturated carbocycles. The van der Waals surface area contributed by atoms with Crippen LogP contribution in [-0.4, -0.2) is 31.8 Å². The summed E-state index contributed by atoms with van der Waals surface area (Å²) in [5, 5.41) is 0. The summed E-state index contributed by atoms with van der Waals surface area (Å²) in [4.78, 5) is 0. The second kappa shape index (κ2) is 12.9. The van der Waals surface area contributed by atoms with Crippen LogP contribution in [0.1, 0.15) is 20.3 Å². The Bertz CT molecular complexity index is 48.9. The second-order valence-electron chi connectivity index (χ2n) is 2.32. The Morgan fingerprint density at radius 1 is 1.20 bits per heavy atom. The average molecular weight is 189 g/mol. The smallest absolute Gasteiger partial charge is 1.00 e. The van der Waals surface area contributed by atoms with Crippen molar-refractivity contribution < 1.29 is 12.4 Å². The second-order valence-corrected chi connectivity index (χ2v) is 6.27. The Morgan fingerprint density at radius 3 is 1.70 bits per heavy atom. The predicted molar refractivity (Wildman–Crippen MR) is 48.6 cm³/mol. The fourth-order valence-electron chi connectivity index (χ4n) is 0.986. The van der Waals surface area contributed by atoms with Gasteiger partial charge < -0.3 is 19.3 Å². The van der Waals surface area contributed by atoms with Crippen molar-refractivity contribution in [1.29, 1.82) is 0 Å². The monoisotopic (exact) mass is 188 g/mol. The van der Waals surface area contributed by atoms with E-state index in [1.54, 1.807) is 0 Å². The van der Waals surface area contributed by atoms with E-state index in [-0.39, 0.29) is 44.3 Å². The van der Waals surface area contributed by atoms with Gasteiger partial charge >= 0.3 is 23.1 Å². The van der Waals surface area contributed by atoms with E-state index in [0.717, 1.165) is 0 Å². The summed E-state index contributed by atoms with van der Waals surface area (Å²) in [5.41, 5.74) is 0. The predicted octanol–water partition coefficient (Wildman–Crippen LogP) is -0.899. The summed E-state index contributed by atoms with van der Waals surface area (Å²) in [7, 11) is -0.255. The van der Waals surface area contributed by atoms with Crippen molar-refractivity contribution in [1.82, 2.24) is 0 Å². The van der Waals surface area contributed by atoms with Crippen LogP contribution in [0.2, 0.25) is 18.1 Å². The molecule has 0 aliphatic carbocycles. The van der Waals surface area contributed by atoms with E-state index >= 15 is 0 Å². The van der Waals surface area contributed by atoms with Crippen LogP contribution in [0.3, 0.4) is 0 Å². The minimum atomic E-state index is -0.255. The van der Waals surface area contributed by atoms with E-state index in [4.69, 9.17) is 0 Å². The summed E-state index contributed by atoms with van der Waals surface area (Å²) >= 11 is 0. The van der Waals surface area contributed by atoms with Gasteiger partial charge in [0.05, 0.1) is 0 Å². The molecular weight excluding hydrogens is 172 g/mol. The van der Waals surface area contributed by atoms with Gasteiger partial charge in [0.25, 0.3) is 0 Å². The van der Waals surface area contributed by atoms with Crippen LogP contribution in [0, 0.1) is 6.92 Å². The third kappa shape index (κ3) is 9.27.